The number of hydrogen-bond acceptors (Lipinski definition) is 2. The van der Waals surface area contributed by atoms with Crippen molar-refractivity contribution in [3.05, 3.63) is 35.4 Å². The fraction of sp³-hybridized carbons (Fsp3) is 0.600. The number of aryl methyl sites for hydroxylation is 1. The van der Waals surface area contributed by atoms with Crippen molar-refractivity contribution in [1.29, 1.82) is 0 Å². The van der Waals surface area contributed by atoms with Gasteiger partial charge in [-0.1, -0.05) is 43.7 Å². The van der Waals surface area contributed by atoms with E-state index in [1.54, 1.807) is 0 Å². The first-order chi connectivity index (χ1) is 8.08. The van der Waals surface area contributed by atoms with Crippen LogP contribution in [0.4, 0.5) is 0 Å². The van der Waals surface area contributed by atoms with Crippen LogP contribution in [0.2, 0.25) is 0 Å². The second-order valence-corrected chi connectivity index (χ2v) is 5.78. The summed E-state index contributed by atoms with van der Waals surface area (Å²) >= 11 is 0. The summed E-state index contributed by atoms with van der Waals surface area (Å²) in [4.78, 5) is 2.57. The van der Waals surface area contributed by atoms with Gasteiger partial charge in [-0.15, -0.1) is 0 Å². The Labute approximate surface area is 105 Å². The Kier molecular flexibility index (Phi) is 3.85. The molecule has 0 amide bonds. The van der Waals surface area contributed by atoms with Gasteiger partial charge in [0.2, 0.25) is 0 Å². The maximum absolute atomic E-state index is 3.41. The van der Waals surface area contributed by atoms with Crippen LogP contribution in [0.1, 0.15) is 25.0 Å². The Morgan fingerprint density at radius 1 is 1.24 bits per heavy atom. The number of rotatable bonds is 3. The molecule has 0 bridgehead atoms. The predicted molar refractivity (Wildman–Crippen MR) is 73.5 cm³/mol. The van der Waals surface area contributed by atoms with Crippen molar-refractivity contribution < 1.29 is 0 Å². The molecule has 94 valence electrons. The lowest BCUT2D eigenvalue weighted by molar-refractivity contribution is 0.200. The Morgan fingerprint density at radius 2 is 1.94 bits per heavy atom. The van der Waals surface area contributed by atoms with Crippen LogP contribution >= 0.6 is 0 Å². The molecule has 1 aliphatic heterocycles. The second-order valence-electron chi connectivity index (χ2n) is 5.78. The number of benzene rings is 1. The molecule has 0 saturated carbocycles. The first-order valence-electron chi connectivity index (χ1n) is 6.58. The highest BCUT2D eigenvalue weighted by Crippen LogP contribution is 2.25. The summed E-state index contributed by atoms with van der Waals surface area (Å²) in [6, 6.07) is 8.92. The van der Waals surface area contributed by atoms with Crippen molar-refractivity contribution in [3.8, 4) is 0 Å². The predicted octanol–water partition coefficient (Wildman–Crippen LogP) is 2.18. The minimum absolute atomic E-state index is 0.239. The van der Waals surface area contributed by atoms with Crippen molar-refractivity contribution in [2.75, 3.05) is 32.7 Å². The van der Waals surface area contributed by atoms with Crippen LogP contribution in [0.5, 0.6) is 0 Å². The van der Waals surface area contributed by atoms with E-state index in [-0.39, 0.29) is 5.41 Å². The number of piperazine rings is 1. The number of nitrogens with zero attached hydrogens (tertiary/aromatic N) is 1. The molecule has 1 aromatic carbocycles. The van der Waals surface area contributed by atoms with E-state index >= 15 is 0 Å². The number of nitrogens with one attached hydrogen (secondary N) is 1. The minimum atomic E-state index is 0.239. The van der Waals surface area contributed by atoms with E-state index in [4.69, 9.17) is 0 Å². The molecule has 0 aliphatic carbocycles. The summed E-state index contributed by atoms with van der Waals surface area (Å²) < 4.78 is 0. The molecule has 2 heteroatoms. The molecule has 0 spiro atoms. The molecule has 1 heterocycles. The monoisotopic (exact) mass is 232 g/mol. The van der Waals surface area contributed by atoms with Crippen LogP contribution in [0.25, 0.3) is 0 Å². The zero-order valence-electron chi connectivity index (χ0n) is 11.3. The fourth-order valence-electron chi connectivity index (χ4n) is 2.59. The van der Waals surface area contributed by atoms with Crippen molar-refractivity contribution in [3.63, 3.8) is 0 Å². The third kappa shape index (κ3) is 3.30. The third-order valence-electron chi connectivity index (χ3n) is 3.63. The standard InChI is InChI=1S/C15H24N2/c1-13-5-4-6-14(11-13)15(2,3)12-17-9-7-16-8-10-17/h4-6,11,16H,7-10,12H2,1-3H3. The first kappa shape index (κ1) is 12.6. The highest BCUT2D eigenvalue weighted by atomic mass is 15.2. The number of hydrogen-bond donors (Lipinski definition) is 1. The fourth-order valence-corrected chi connectivity index (χ4v) is 2.59. The van der Waals surface area contributed by atoms with Crippen LogP contribution < -0.4 is 5.32 Å². The van der Waals surface area contributed by atoms with E-state index in [1.807, 2.05) is 0 Å². The molecule has 0 atom stereocenters. The summed E-state index contributed by atoms with van der Waals surface area (Å²) in [6.45, 7) is 12.6. The highest BCUT2D eigenvalue weighted by Gasteiger charge is 2.24. The Bertz CT molecular complexity index is 365. The molecule has 1 aromatic rings. The molecule has 1 aliphatic rings. The van der Waals surface area contributed by atoms with Crippen LogP contribution in [-0.4, -0.2) is 37.6 Å². The third-order valence-corrected chi connectivity index (χ3v) is 3.63. The van der Waals surface area contributed by atoms with Gasteiger partial charge in [-0.05, 0) is 12.5 Å². The largest absolute Gasteiger partial charge is 0.314 e. The van der Waals surface area contributed by atoms with Gasteiger partial charge in [-0.2, -0.15) is 0 Å². The van der Waals surface area contributed by atoms with E-state index in [9.17, 15) is 0 Å². The van der Waals surface area contributed by atoms with Gasteiger partial charge in [0.1, 0.15) is 0 Å². The summed E-state index contributed by atoms with van der Waals surface area (Å²) in [6.07, 6.45) is 0. The van der Waals surface area contributed by atoms with Gasteiger partial charge >= 0.3 is 0 Å². The van der Waals surface area contributed by atoms with Crippen molar-refractivity contribution in [2.24, 2.45) is 0 Å². The molecule has 1 saturated heterocycles. The maximum Gasteiger partial charge on any atom is 0.0108 e. The van der Waals surface area contributed by atoms with Crippen LogP contribution in [0.3, 0.4) is 0 Å². The zero-order chi connectivity index (χ0) is 12.3. The lowest BCUT2D eigenvalue weighted by Crippen LogP contribution is -2.47. The minimum Gasteiger partial charge on any atom is -0.314 e. The highest BCUT2D eigenvalue weighted by molar-refractivity contribution is 5.28. The van der Waals surface area contributed by atoms with Crippen LogP contribution in [0.15, 0.2) is 24.3 Å². The van der Waals surface area contributed by atoms with E-state index in [1.165, 1.54) is 24.2 Å². The van der Waals surface area contributed by atoms with Gasteiger partial charge in [0, 0.05) is 38.1 Å². The summed E-state index contributed by atoms with van der Waals surface area (Å²) in [5.41, 5.74) is 3.05. The molecule has 0 unspecified atom stereocenters. The average molecular weight is 232 g/mol. The van der Waals surface area contributed by atoms with E-state index < -0.39 is 0 Å². The van der Waals surface area contributed by atoms with E-state index in [2.05, 4.69) is 55.3 Å². The SMILES string of the molecule is Cc1cccc(C(C)(C)CN2CCNCC2)c1. The zero-order valence-corrected chi connectivity index (χ0v) is 11.3. The van der Waals surface area contributed by atoms with Crippen LogP contribution in [-0.2, 0) is 5.41 Å². The molecule has 1 N–H and O–H groups in total. The summed E-state index contributed by atoms with van der Waals surface area (Å²) in [5, 5.41) is 3.41. The summed E-state index contributed by atoms with van der Waals surface area (Å²) in [7, 11) is 0. The van der Waals surface area contributed by atoms with Gasteiger partial charge in [-0.25, -0.2) is 0 Å². The molecule has 17 heavy (non-hydrogen) atoms. The van der Waals surface area contributed by atoms with Crippen molar-refractivity contribution >= 4 is 0 Å². The van der Waals surface area contributed by atoms with Gasteiger partial charge in [0.25, 0.3) is 0 Å². The molecule has 2 nitrogen and oxygen atoms in total. The second kappa shape index (κ2) is 5.19. The van der Waals surface area contributed by atoms with E-state index in [0.29, 0.717) is 0 Å². The lowest BCUT2D eigenvalue weighted by Gasteiger charge is -2.35. The maximum atomic E-state index is 3.41. The van der Waals surface area contributed by atoms with Crippen LogP contribution in [0, 0.1) is 6.92 Å². The average Bonchev–Trinajstić information content (AvgIpc) is 2.30. The van der Waals surface area contributed by atoms with Gasteiger partial charge in [0.15, 0.2) is 0 Å². The van der Waals surface area contributed by atoms with Gasteiger partial charge in [0.05, 0.1) is 0 Å². The van der Waals surface area contributed by atoms with Crippen molar-refractivity contribution in [1.82, 2.24) is 10.2 Å². The quantitative estimate of drug-likeness (QED) is 0.859. The molecule has 0 aromatic heterocycles. The van der Waals surface area contributed by atoms with Gasteiger partial charge in [-0.3, -0.25) is 4.90 Å². The first-order valence-corrected chi connectivity index (χ1v) is 6.58. The Morgan fingerprint density at radius 3 is 2.59 bits per heavy atom. The van der Waals surface area contributed by atoms with E-state index in [0.717, 1.165) is 19.6 Å². The Balaban J connectivity index is 2.06. The molecular formula is C15H24N2. The summed E-state index contributed by atoms with van der Waals surface area (Å²) in [5.74, 6) is 0. The smallest absolute Gasteiger partial charge is 0.0108 e. The van der Waals surface area contributed by atoms with Gasteiger partial charge < -0.3 is 5.32 Å². The lowest BCUT2D eigenvalue weighted by atomic mass is 9.83. The Hall–Kier alpha value is -0.860. The van der Waals surface area contributed by atoms with Crippen molar-refractivity contribution in [2.45, 2.75) is 26.2 Å². The molecule has 1 fully saturated rings. The normalized spacial score (nSPS) is 18.3. The molecule has 0 radical (unpaired) electrons. The topological polar surface area (TPSA) is 15.3 Å². The molecular weight excluding hydrogens is 208 g/mol. The molecule has 2 rings (SSSR count).